The Bertz CT molecular complexity index is 675. The van der Waals surface area contributed by atoms with Crippen LogP contribution < -0.4 is 5.32 Å². The summed E-state index contributed by atoms with van der Waals surface area (Å²) in [6.45, 7) is 3.03. The van der Waals surface area contributed by atoms with Crippen molar-refractivity contribution in [3.63, 3.8) is 0 Å². The fourth-order valence-electron chi connectivity index (χ4n) is 2.40. The first kappa shape index (κ1) is 12.8. The lowest BCUT2D eigenvalue weighted by Gasteiger charge is -2.12. The van der Waals surface area contributed by atoms with Crippen molar-refractivity contribution in [2.45, 2.75) is 19.4 Å². The van der Waals surface area contributed by atoms with Crippen molar-refractivity contribution in [2.75, 3.05) is 6.54 Å². The number of aromatic amines is 1. The summed E-state index contributed by atoms with van der Waals surface area (Å²) in [6, 6.07) is 8.61. The lowest BCUT2D eigenvalue weighted by molar-refractivity contribution is 0.562. The summed E-state index contributed by atoms with van der Waals surface area (Å²) >= 11 is 0. The zero-order chi connectivity index (χ0) is 13.8. The van der Waals surface area contributed by atoms with Crippen molar-refractivity contribution in [3.8, 4) is 0 Å². The molecule has 3 rings (SSSR count). The van der Waals surface area contributed by atoms with Gasteiger partial charge in [-0.05, 0) is 31.5 Å². The highest BCUT2D eigenvalue weighted by atomic mass is 14.9. The number of para-hydroxylation sites is 1. The van der Waals surface area contributed by atoms with E-state index < -0.39 is 0 Å². The minimum atomic E-state index is 0.217. The Morgan fingerprint density at radius 1 is 1.25 bits per heavy atom. The number of benzene rings is 1. The summed E-state index contributed by atoms with van der Waals surface area (Å²) in [5.41, 5.74) is 3.52. The molecule has 0 aliphatic rings. The molecule has 0 aliphatic carbocycles. The van der Waals surface area contributed by atoms with Crippen LogP contribution in [0.25, 0.3) is 10.9 Å². The Kier molecular flexibility index (Phi) is 3.74. The van der Waals surface area contributed by atoms with Crippen molar-refractivity contribution in [1.82, 2.24) is 20.3 Å². The van der Waals surface area contributed by atoms with Gasteiger partial charge in [-0.3, -0.25) is 9.97 Å². The second-order valence-corrected chi connectivity index (χ2v) is 4.92. The topological polar surface area (TPSA) is 53.6 Å². The Balaban J connectivity index is 1.60. The van der Waals surface area contributed by atoms with Crippen LogP contribution in [0, 0.1) is 0 Å². The average Bonchev–Trinajstić information content (AvgIpc) is 2.92. The van der Waals surface area contributed by atoms with Gasteiger partial charge in [0.05, 0.1) is 5.69 Å². The first-order valence-corrected chi connectivity index (χ1v) is 6.89. The molecule has 0 fully saturated rings. The molecule has 0 radical (unpaired) electrons. The Hall–Kier alpha value is -2.20. The number of aromatic nitrogens is 3. The minimum Gasteiger partial charge on any atom is -0.361 e. The molecular weight excluding hydrogens is 248 g/mol. The van der Waals surface area contributed by atoms with Gasteiger partial charge >= 0.3 is 0 Å². The molecule has 0 saturated heterocycles. The SMILES string of the molecule is CC(NCCc1c[nH]c2ccccc12)c1cnccn1. The molecule has 2 heterocycles. The first-order valence-electron chi connectivity index (χ1n) is 6.89. The maximum atomic E-state index is 4.31. The van der Waals surface area contributed by atoms with Gasteiger partial charge in [0, 0.05) is 41.7 Å². The molecule has 2 aromatic heterocycles. The van der Waals surface area contributed by atoms with Gasteiger partial charge in [0.15, 0.2) is 0 Å². The van der Waals surface area contributed by atoms with Gasteiger partial charge in [0.25, 0.3) is 0 Å². The number of H-pyrrole nitrogens is 1. The molecule has 0 amide bonds. The van der Waals surface area contributed by atoms with Crippen LogP contribution in [-0.2, 0) is 6.42 Å². The van der Waals surface area contributed by atoms with E-state index in [4.69, 9.17) is 0 Å². The predicted molar refractivity (Wildman–Crippen MR) is 80.5 cm³/mol. The highest BCUT2D eigenvalue weighted by molar-refractivity contribution is 5.83. The fraction of sp³-hybridized carbons (Fsp3) is 0.250. The lowest BCUT2D eigenvalue weighted by Crippen LogP contribution is -2.22. The third kappa shape index (κ3) is 2.70. The number of hydrogen-bond acceptors (Lipinski definition) is 3. The van der Waals surface area contributed by atoms with Gasteiger partial charge in [0.1, 0.15) is 0 Å². The average molecular weight is 266 g/mol. The second-order valence-electron chi connectivity index (χ2n) is 4.92. The van der Waals surface area contributed by atoms with Crippen molar-refractivity contribution >= 4 is 10.9 Å². The largest absolute Gasteiger partial charge is 0.361 e. The molecule has 4 heteroatoms. The predicted octanol–water partition coefficient (Wildman–Crippen LogP) is 2.85. The van der Waals surface area contributed by atoms with Gasteiger partial charge in [0.2, 0.25) is 0 Å². The second kappa shape index (κ2) is 5.84. The van der Waals surface area contributed by atoms with Gasteiger partial charge in [-0.2, -0.15) is 0 Å². The molecule has 0 aliphatic heterocycles. The summed E-state index contributed by atoms with van der Waals surface area (Å²) in [5, 5.41) is 4.79. The van der Waals surface area contributed by atoms with Gasteiger partial charge in [-0.25, -0.2) is 0 Å². The van der Waals surface area contributed by atoms with Crippen molar-refractivity contribution in [2.24, 2.45) is 0 Å². The number of rotatable bonds is 5. The number of hydrogen-bond donors (Lipinski definition) is 2. The minimum absolute atomic E-state index is 0.217. The van der Waals surface area contributed by atoms with Crippen LogP contribution >= 0.6 is 0 Å². The van der Waals surface area contributed by atoms with E-state index in [-0.39, 0.29) is 6.04 Å². The van der Waals surface area contributed by atoms with Crippen LogP contribution in [0.4, 0.5) is 0 Å². The van der Waals surface area contributed by atoms with Crippen LogP contribution in [-0.4, -0.2) is 21.5 Å². The Morgan fingerprint density at radius 2 is 2.15 bits per heavy atom. The maximum Gasteiger partial charge on any atom is 0.0753 e. The van der Waals surface area contributed by atoms with E-state index in [2.05, 4.69) is 57.7 Å². The van der Waals surface area contributed by atoms with Crippen molar-refractivity contribution < 1.29 is 0 Å². The van der Waals surface area contributed by atoms with E-state index in [1.54, 1.807) is 12.4 Å². The molecular formula is C16H18N4. The number of fused-ring (bicyclic) bond motifs is 1. The summed E-state index contributed by atoms with van der Waals surface area (Å²) < 4.78 is 0. The molecule has 1 aromatic carbocycles. The third-order valence-corrected chi connectivity index (χ3v) is 3.55. The van der Waals surface area contributed by atoms with E-state index >= 15 is 0 Å². The zero-order valence-corrected chi connectivity index (χ0v) is 11.5. The third-order valence-electron chi connectivity index (χ3n) is 3.55. The van der Waals surface area contributed by atoms with Gasteiger partial charge < -0.3 is 10.3 Å². The Labute approximate surface area is 118 Å². The molecule has 0 saturated carbocycles. The lowest BCUT2D eigenvalue weighted by atomic mass is 10.1. The molecule has 2 N–H and O–H groups in total. The summed E-state index contributed by atoms with van der Waals surface area (Å²) in [4.78, 5) is 11.7. The molecule has 1 atom stereocenters. The van der Waals surface area contributed by atoms with Gasteiger partial charge in [-0.1, -0.05) is 18.2 Å². The maximum absolute atomic E-state index is 4.31. The van der Waals surface area contributed by atoms with E-state index in [9.17, 15) is 0 Å². The summed E-state index contributed by atoms with van der Waals surface area (Å²) in [6.07, 6.45) is 8.33. The molecule has 0 spiro atoms. The first-order chi connectivity index (χ1) is 9.84. The quantitative estimate of drug-likeness (QED) is 0.746. The zero-order valence-electron chi connectivity index (χ0n) is 11.5. The number of nitrogens with zero attached hydrogens (tertiary/aromatic N) is 2. The molecule has 102 valence electrons. The monoisotopic (exact) mass is 266 g/mol. The van der Waals surface area contributed by atoms with Crippen LogP contribution in [0.15, 0.2) is 49.1 Å². The van der Waals surface area contributed by atoms with E-state index in [0.29, 0.717) is 0 Å². The van der Waals surface area contributed by atoms with Crippen molar-refractivity contribution in [3.05, 3.63) is 60.3 Å². The molecule has 0 bridgehead atoms. The van der Waals surface area contributed by atoms with E-state index in [0.717, 1.165) is 18.7 Å². The number of nitrogens with one attached hydrogen (secondary N) is 2. The summed E-state index contributed by atoms with van der Waals surface area (Å²) in [5.74, 6) is 0. The molecule has 1 unspecified atom stereocenters. The highest BCUT2D eigenvalue weighted by Gasteiger charge is 2.07. The molecule has 4 nitrogen and oxygen atoms in total. The van der Waals surface area contributed by atoms with Crippen LogP contribution in [0.1, 0.15) is 24.2 Å². The standard InChI is InChI=1S/C16H18N4/c1-12(16-11-17-8-9-19-16)18-7-6-13-10-20-15-5-3-2-4-14(13)15/h2-5,8-12,18,20H,6-7H2,1H3. The highest BCUT2D eigenvalue weighted by Crippen LogP contribution is 2.18. The Morgan fingerprint density at radius 3 is 3.00 bits per heavy atom. The van der Waals surface area contributed by atoms with E-state index in [1.807, 2.05) is 6.20 Å². The summed E-state index contributed by atoms with van der Waals surface area (Å²) in [7, 11) is 0. The van der Waals surface area contributed by atoms with E-state index in [1.165, 1.54) is 16.5 Å². The molecule has 20 heavy (non-hydrogen) atoms. The van der Waals surface area contributed by atoms with Crippen LogP contribution in [0.5, 0.6) is 0 Å². The van der Waals surface area contributed by atoms with Crippen molar-refractivity contribution in [1.29, 1.82) is 0 Å². The fourth-order valence-corrected chi connectivity index (χ4v) is 2.40. The van der Waals surface area contributed by atoms with Crippen LogP contribution in [0.2, 0.25) is 0 Å². The smallest absolute Gasteiger partial charge is 0.0753 e. The molecule has 3 aromatic rings. The normalized spacial score (nSPS) is 12.7. The van der Waals surface area contributed by atoms with Gasteiger partial charge in [-0.15, -0.1) is 0 Å². The van der Waals surface area contributed by atoms with Crippen LogP contribution in [0.3, 0.4) is 0 Å².